The molecular weight excluding hydrogens is 284 g/mol. The third-order valence-electron chi connectivity index (χ3n) is 5.31. The first-order valence-corrected chi connectivity index (χ1v) is 8.41. The molecule has 0 aromatic heterocycles. The van der Waals surface area contributed by atoms with Crippen LogP contribution in [0, 0.1) is 0 Å². The molecule has 0 saturated carbocycles. The lowest BCUT2D eigenvalue weighted by Crippen LogP contribution is -2.23. The van der Waals surface area contributed by atoms with E-state index in [0.29, 0.717) is 5.56 Å². The fourth-order valence-corrected chi connectivity index (χ4v) is 3.93. The normalized spacial score (nSPS) is 14.2. The zero-order valence-corrected chi connectivity index (χ0v) is 14.0. The fourth-order valence-electron chi connectivity index (χ4n) is 3.93. The SMILES string of the molecule is CCC(=O)C(=O)c1ccc2c(c1)C(CC)(CC)c1ccccc1-2. The van der Waals surface area contributed by atoms with Crippen LogP contribution in [-0.4, -0.2) is 11.6 Å². The van der Waals surface area contributed by atoms with Crippen LogP contribution in [0.2, 0.25) is 0 Å². The van der Waals surface area contributed by atoms with Crippen LogP contribution in [-0.2, 0) is 10.2 Å². The highest BCUT2D eigenvalue weighted by molar-refractivity contribution is 6.43. The molecule has 0 fully saturated rings. The van der Waals surface area contributed by atoms with Gasteiger partial charge in [0, 0.05) is 17.4 Å². The van der Waals surface area contributed by atoms with Crippen molar-refractivity contribution in [3.63, 3.8) is 0 Å². The number of fused-ring (bicyclic) bond motifs is 3. The van der Waals surface area contributed by atoms with E-state index in [0.717, 1.165) is 12.8 Å². The van der Waals surface area contributed by atoms with E-state index in [-0.39, 0.29) is 23.4 Å². The standard InChI is InChI=1S/C21H22O2/c1-4-19(22)20(23)14-11-12-16-15-9-7-8-10-17(15)21(5-2,6-3)18(16)13-14/h7-13H,4-6H2,1-3H3. The van der Waals surface area contributed by atoms with Crippen LogP contribution >= 0.6 is 0 Å². The van der Waals surface area contributed by atoms with Crippen molar-refractivity contribution in [1.82, 2.24) is 0 Å². The van der Waals surface area contributed by atoms with Gasteiger partial charge in [-0.25, -0.2) is 0 Å². The van der Waals surface area contributed by atoms with E-state index >= 15 is 0 Å². The van der Waals surface area contributed by atoms with Gasteiger partial charge < -0.3 is 0 Å². The summed E-state index contributed by atoms with van der Waals surface area (Å²) in [5.41, 5.74) is 5.45. The second kappa shape index (κ2) is 5.77. The van der Waals surface area contributed by atoms with Gasteiger partial charge in [0.25, 0.3) is 0 Å². The molecule has 0 unspecified atom stereocenters. The summed E-state index contributed by atoms with van der Waals surface area (Å²) in [5.74, 6) is -0.688. The van der Waals surface area contributed by atoms with Gasteiger partial charge in [-0.1, -0.05) is 57.2 Å². The van der Waals surface area contributed by atoms with Crippen LogP contribution in [0.1, 0.15) is 61.5 Å². The monoisotopic (exact) mass is 306 g/mol. The molecule has 1 aliphatic rings. The zero-order valence-electron chi connectivity index (χ0n) is 14.0. The molecule has 0 heterocycles. The van der Waals surface area contributed by atoms with Crippen molar-refractivity contribution in [1.29, 1.82) is 0 Å². The summed E-state index contributed by atoms with van der Waals surface area (Å²) in [7, 11) is 0. The van der Waals surface area contributed by atoms with Crippen molar-refractivity contribution in [3.05, 3.63) is 59.2 Å². The van der Waals surface area contributed by atoms with Crippen LogP contribution in [0.15, 0.2) is 42.5 Å². The Morgan fingerprint density at radius 3 is 2.17 bits per heavy atom. The molecule has 0 aliphatic heterocycles. The molecular formula is C21H22O2. The summed E-state index contributed by atoms with van der Waals surface area (Å²) in [6, 6.07) is 14.3. The minimum Gasteiger partial charge on any atom is -0.290 e. The lowest BCUT2D eigenvalue weighted by Gasteiger charge is -2.29. The maximum atomic E-state index is 12.3. The molecule has 2 aromatic rings. The van der Waals surface area contributed by atoms with Crippen LogP contribution in [0.3, 0.4) is 0 Å². The molecule has 2 aromatic carbocycles. The molecule has 0 spiro atoms. The van der Waals surface area contributed by atoms with E-state index < -0.39 is 0 Å². The number of rotatable bonds is 5. The molecule has 2 nitrogen and oxygen atoms in total. The highest BCUT2D eigenvalue weighted by Gasteiger charge is 2.40. The minimum absolute atomic E-state index is 0.0581. The van der Waals surface area contributed by atoms with Gasteiger partial charge in [-0.3, -0.25) is 9.59 Å². The topological polar surface area (TPSA) is 34.1 Å². The van der Waals surface area contributed by atoms with Crippen molar-refractivity contribution < 1.29 is 9.59 Å². The van der Waals surface area contributed by atoms with Gasteiger partial charge in [0.1, 0.15) is 0 Å². The Bertz CT molecular complexity index is 782. The first kappa shape index (κ1) is 15.7. The number of carbonyl (C=O) groups is 2. The number of carbonyl (C=O) groups excluding carboxylic acids is 2. The zero-order chi connectivity index (χ0) is 16.6. The Labute approximate surface area is 137 Å². The molecule has 2 heteroatoms. The maximum Gasteiger partial charge on any atom is 0.228 e. The fraction of sp³-hybridized carbons (Fsp3) is 0.333. The Kier molecular flexibility index (Phi) is 3.93. The third kappa shape index (κ3) is 2.16. The van der Waals surface area contributed by atoms with Gasteiger partial charge in [-0.2, -0.15) is 0 Å². The second-order valence-electron chi connectivity index (χ2n) is 6.20. The number of ketones is 2. The maximum absolute atomic E-state index is 12.3. The summed E-state index contributed by atoms with van der Waals surface area (Å²) >= 11 is 0. The van der Waals surface area contributed by atoms with E-state index in [9.17, 15) is 9.59 Å². The van der Waals surface area contributed by atoms with E-state index in [2.05, 4.69) is 38.1 Å². The first-order chi connectivity index (χ1) is 11.1. The van der Waals surface area contributed by atoms with Crippen LogP contribution < -0.4 is 0 Å². The molecule has 0 saturated heterocycles. The summed E-state index contributed by atoms with van der Waals surface area (Å²) in [5, 5.41) is 0. The van der Waals surface area contributed by atoms with Gasteiger partial charge in [0.15, 0.2) is 0 Å². The largest absolute Gasteiger partial charge is 0.290 e. The van der Waals surface area contributed by atoms with E-state index in [1.165, 1.54) is 22.3 Å². The summed E-state index contributed by atoms with van der Waals surface area (Å²) < 4.78 is 0. The smallest absolute Gasteiger partial charge is 0.228 e. The first-order valence-electron chi connectivity index (χ1n) is 8.41. The molecule has 118 valence electrons. The predicted molar refractivity (Wildman–Crippen MR) is 92.9 cm³/mol. The molecule has 3 rings (SSSR count). The predicted octanol–water partition coefficient (Wildman–Crippen LogP) is 4.93. The van der Waals surface area contributed by atoms with Crippen LogP contribution in [0.4, 0.5) is 0 Å². The Morgan fingerprint density at radius 2 is 1.52 bits per heavy atom. The average Bonchev–Trinajstić information content (AvgIpc) is 2.90. The van der Waals surface area contributed by atoms with Gasteiger partial charge >= 0.3 is 0 Å². The molecule has 0 amide bonds. The lowest BCUT2D eigenvalue weighted by atomic mass is 9.73. The van der Waals surface area contributed by atoms with E-state index in [1.54, 1.807) is 13.0 Å². The third-order valence-corrected chi connectivity index (χ3v) is 5.31. The van der Waals surface area contributed by atoms with Crippen molar-refractivity contribution in [2.75, 3.05) is 0 Å². The number of Topliss-reactive ketones (excluding diaryl/α,β-unsaturated/α-hetero) is 2. The summed E-state index contributed by atoms with van der Waals surface area (Å²) in [6.07, 6.45) is 2.21. The molecule has 0 atom stereocenters. The number of hydrogen-bond acceptors (Lipinski definition) is 2. The quantitative estimate of drug-likeness (QED) is 0.579. The number of hydrogen-bond donors (Lipinski definition) is 0. The van der Waals surface area contributed by atoms with Crippen molar-refractivity contribution in [3.8, 4) is 11.1 Å². The van der Waals surface area contributed by atoms with Gasteiger partial charge in [0.2, 0.25) is 11.6 Å². The second-order valence-corrected chi connectivity index (χ2v) is 6.20. The summed E-state index contributed by atoms with van der Waals surface area (Å²) in [4.78, 5) is 24.1. The molecule has 23 heavy (non-hydrogen) atoms. The van der Waals surface area contributed by atoms with Gasteiger partial charge in [0.05, 0.1) is 0 Å². The minimum atomic E-state index is -0.368. The van der Waals surface area contributed by atoms with Gasteiger partial charge in [-0.05, 0) is 41.2 Å². The Morgan fingerprint density at radius 1 is 0.870 bits per heavy atom. The van der Waals surface area contributed by atoms with E-state index in [1.807, 2.05) is 12.1 Å². The molecule has 0 bridgehead atoms. The van der Waals surface area contributed by atoms with Crippen molar-refractivity contribution in [2.24, 2.45) is 0 Å². The highest BCUT2D eigenvalue weighted by Crippen LogP contribution is 2.52. The molecule has 1 aliphatic carbocycles. The van der Waals surface area contributed by atoms with E-state index in [4.69, 9.17) is 0 Å². The molecule has 0 N–H and O–H groups in total. The molecule has 0 radical (unpaired) electrons. The number of benzene rings is 2. The van der Waals surface area contributed by atoms with Crippen LogP contribution in [0.5, 0.6) is 0 Å². The van der Waals surface area contributed by atoms with Gasteiger partial charge in [-0.15, -0.1) is 0 Å². The lowest BCUT2D eigenvalue weighted by molar-refractivity contribution is -0.114. The van der Waals surface area contributed by atoms with Crippen molar-refractivity contribution >= 4 is 11.6 Å². The highest BCUT2D eigenvalue weighted by atomic mass is 16.2. The Balaban J connectivity index is 2.22. The average molecular weight is 306 g/mol. The Hall–Kier alpha value is -2.22. The van der Waals surface area contributed by atoms with Crippen molar-refractivity contribution in [2.45, 2.75) is 45.4 Å². The summed E-state index contributed by atoms with van der Waals surface area (Å²) in [6.45, 7) is 6.12. The van der Waals surface area contributed by atoms with Crippen LogP contribution in [0.25, 0.3) is 11.1 Å².